The molecule has 1 fully saturated rings. The summed E-state index contributed by atoms with van der Waals surface area (Å²) in [4.78, 5) is 4.32. The Morgan fingerprint density at radius 3 is 2.36 bits per heavy atom. The van der Waals surface area contributed by atoms with Crippen LogP contribution in [0.2, 0.25) is 0 Å². The number of benzene rings is 2. The first kappa shape index (κ1) is 19.6. The molecule has 0 atom stereocenters. The lowest BCUT2D eigenvalue weighted by molar-refractivity contribution is -0.137. The van der Waals surface area contributed by atoms with Crippen LogP contribution in [0.25, 0.3) is 0 Å². The zero-order valence-corrected chi connectivity index (χ0v) is 15.7. The highest BCUT2D eigenvalue weighted by molar-refractivity contribution is 14.0. The van der Waals surface area contributed by atoms with Crippen LogP contribution in [0, 0.1) is 0 Å². The number of anilines is 1. The number of para-hydroxylation sites is 1. The van der Waals surface area contributed by atoms with Crippen molar-refractivity contribution in [1.29, 1.82) is 0 Å². The van der Waals surface area contributed by atoms with Crippen LogP contribution in [0.4, 0.5) is 18.9 Å². The topological polar surface area (TPSA) is 50.4 Å². The highest BCUT2D eigenvalue weighted by Gasteiger charge is 2.45. The van der Waals surface area contributed by atoms with Crippen LogP contribution in [0.1, 0.15) is 24.0 Å². The summed E-state index contributed by atoms with van der Waals surface area (Å²) in [7, 11) is 0. The highest BCUT2D eigenvalue weighted by atomic mass is 127. The van der Waals surface area contributed by atoms with Gasteiger partial charge in [-0.25, -0.2) is 0 Å². The molecule has 1 aliphatic rings. The van der Waals surface area contributed by atoms with Crippen LogP contribution in [0.3, 0.4) is 0 Å². The predicted molar refractivity (Wildman–Crippen MR) is 104 cm³/mol. The fraction of sp³-hybridized carbons (Fsp3) is 0.278. The van der Waals surface area contributed by atoms with Gasteiger partial charge >= 0.3 is 6.18 Å². The van der Waals surface area contributed by atoms with Crippen LogP contribution < -0.4 is 11.1 Å². The quantitative estimate of drug-likeness (QED) is 0.391. The van der Waals surface area contributed by atoms with Crippen LogP contribution in [0.5, 0.6) is 0 Å². The molecule has 1 aliphatic carbocycles. The fourth-order valence-electron chi connectivity index (χ4n) is 2.66. The molecule has 0 bridgehead atoms. The first-order valence-corrected chi connectivity index (χ1v) is 7.69. The van der Waals surface area contributed by atoms with Gasteiger partial charge in [-0.05, 0) is 36.6 Å². The van der Waals surface area contributed by atoms with E-state index in [1.165, 1.54) is 12.1 Å². The van der Waals surface area contributed by atoms with Crippen molar-refractivity contribution in [3.8, 4) is 0 Å². The first-order valence-electron chi connectivity index (χ1n) is 7.69. The van der Waals surface area contributed by atoms with Crippen LogP contribution in [-0.4, -0.2) is 12.5 Å². The molecular formula is C18H19F3IN3. The van der Waals surface area contributed by atoms with Gasteiger partial charge in [0.1, 0.15) is 0 Å². The largest absolute Gasteiger partial charge is 0.416 e. The normalized spacial score (nSPS) is 16.0. The maximum Gasteiger partial charge on any atom is 0.416 e. The number of guanidine groups is 1. The molecule has 7 heteroatoms. The van der Waals surface area contributed by atoms with Crippen molar-refractivity contribution >= 4 is 35.6 Å². The monoisotopic (exact) mass is 461 g/mol. The van der Waals surface area contributed by atoms with Gasteiger partial charge in [0.25, 0.3) is 0 Å². The molecule has 2 aromatic carbocycles. The molecule has 3 N–H and O–H groups in total. The summed E-state index contributed by atoms with van der Waals surface area (Å²) in [6.45, 7) is 0.375. The van der Waals surface area contributed by atoms with Crippen LogP contribution in [-0.2, 0) is 11.6 Å². The number of aliphatic imine (C=N–C) groups is 1. The Hall–Kier alpha value is -1.77. The summed E-state index contributed by atoms with van der Waals surface area (Å²) in [6.07, 6.45) is -2.70. The second kappa shape index (κ2) is 7.63. The summed E-state index contributed by atoms with van der Waals surface area (Å²) >= 11 is 0. The second-order valence-electron chi connectivity index (χ2n) is 6.05. The van der Waals surface area contributed by atoms with Gasteiger partial charge < -0.3 is 11.1 Å². The second-order valence-corrected chi connectivity index (χ2v) is 6.05. The van der Waals surface area contributed by atoms with Gasteiger partial charge in [-0.2, -0.15) is 13.2 Å². The van der Waals surface area contributed by atoms with Gasteiger partial charge in [0.05, 0.1) is 12.1 Å². The number of hydrogen-bond acceptors (Lipinski definition) is 1. The van der Waals surface area contributed by atoms with Crippen LogP contribution >= 0.6 is 24.0 Å². The maximum atomic E-state index is 12.9. The number of hydrogen-bond donors (Lipinski definition) is 2. The molecule has 1 saturated carbocycles. The van der Waals surface area contributed by atoms with E-state index in [2.05, 4.69) is 10.3 Å². The molecule has 0 heterocycles. The Morgan fingerprint density at radius 1 is 1.08 bits per heavy atom. The van der Waals surface area contributed by atoms with E-state index in [1.54, 1.807) is 6.07 Å². The summed E-state index contributed by atoms with van der Waals surface area (Å²) in [5.74, 6) is 0.263. The molecule has 0 aromatic heterocycles. The van der Waals surface area contributed by atoms with E-state index in [0.717, 1.165) is 24.6 Å². The Labute approximate surface area is 161 Å². The third-order valence-electron chi connectivity index (χ3n) is 4.25. The van der Waals surface area contributed by atoms with Gasteiger partial charge in [-0.15, -0.1) is 24.0 Å². The lowest BCUT2D eigenvalue weighted by Crippen LogP contribution is -2.25. The Kier molecular flexibility index (Phi) is 5.97. The number of alkyl halides is 3. The summed E-state index contributed by atoms with van der Waals surface area (Å²) < 4.78 is 38.6. The molecule has 0 amide bonds. The zero-order chi connectivity index (χ0) is 17.2. The van der Waals surface area contributed by atoms with Crippen LogP contribution in [0.15, 0.2) is 59.6 Å². The van der Waals surface area contributed by atoms with Crippen molar-refractivity contribution in [1.82, 2.24) is 0 Å². The van der Waals surface area contributed by atoms with Gasteiger partial charge in [0.2, 0.25) is 0 Å². The molecule has 0 aliphatic heterocycles. The minimum absolute atomic E-state index is 0. The van der Waals surface area contributed by atoms with Crippen molar-refractivity contribution in [3.63, 3.8) is 0 Å². The maximum absolute atomic E-state index is 12.9. The van der Waals surface area contributed by atoms with E-state index in [1.807, 2.05) is 30.3 Å². The standard InChI is InChI=1S/C18H18F3N3.HI/c19-18(20,21)14-6-4-5-13(11-14)17(9-10-17)12-23-16(22)24-15-7-2-1-3-8-15;/h1-8,11H,9-10,12H2,(H3,22,23,24);1H. The van der Waals surface area contributed by atoms with Crippen molar-refractivity contribution in [2.24, 2.45) is 10.7 Å². The number of nitrogens with one attached hydrogen (secondary N) is 1. The lowest BCUT2D eigenvalue weighted by atomic mass is 9.94. The SMILES string of the molecule is I.NC(=NCC1(c2cccc(C(F)(F)F)c2)CC1)Nc1ccccc1. The third kappa shape index (κ3) is 4.87. The van der Waals surface area contributed by atoms with E-state index in [-0.39, 0.29) is 35.4 Å². The van der Waals surface area contributed by atoms with Crippen molar-refractivity contribution in [2.75, 3.05) is 11.9 Å². The molecule has 3 rings (SSSR count). The van der Waals surface area contributed by atoms with E-state index < -0.39 is 11.7 Å². The van der Waals surface area contributed by atoms with E-state index in [4.69, 9.17) is 5.73 Å². The van der Waals surface area contributed by atoms with E-state index in [0.29, 0.717) is 12.1 Å². The highest BCUT2D eigenvalue weighted by Crippen LogP contribution is 2.49. The average molecular weight is 461 g/mol. The molecule has 2 aromatic rings. The smallest absolute Gasteiger partial charge is 0.370 e. The molecule has 0 saturated heterocycles. The minimum Gasteiger partial charge on any atom is -0.370 e. The molecule has 0 radical (unpaired) electrons. The lowest BCUT2D eigenvalue weighted by Gasteiger charge is -2.16. The summed E-state index contributed by atoms with van der Waals surface area (Å²) in [6, 6.07) is 14.9. The van der Waals surface area contributed by atoms with Crippen molar-refractivity contribution in [2.45, 2.75) is 24.4 Å². The average Bonchev–Trinajstić information content (AvgIpc) is 3.35. The molecule has 0 spiro atoms. The predicted octanol–water partition coefficient (Wildman–Crippen LogP) is 4.78. The third-order valence-corrected chi connectivity index (χ3v) is 4.25. The molecule has 0 unspecified atom stereocenters. The van der Waals surface area contributed by atoms with E-state index >= 15 is 0 Å². The Balaban J connectivity index is 0.00000225. The molecular weight excluding hydrogens is 442 g/mol. The number of nitrogens with two attached hydrogens (primary N) is 1. The van der Waals surface area contributed by atoms with Gasteiger partial charge in [0, 0.05) is 11.1 Å². The Morgan fingerprint density at radius 2 is 1.76 bits per heavy atom. The summed E-state index contributed by atoms with van der Waals surface area (Å²) in [5.41, 5.74) is 6.42. The first-order chi connectivity index (χ1) is 11.4. The fourth-order valence-corrected chi connectivity index (χ4v) is 2.66. The summed E-state index contributed by atoms with van der Waals surface area (Å²) in [5, 5.41) is 2.98. The number of rotatable bonds is 4. The number of halogens is 4. The number of nitrogens with zero attached hydrogens (tertiary/aromatic N) is 1. The van der Waals surface area contributed by atoms with E-state index in [9.17, 15) is 13.2 Å². The Bertz CT molecular complexity index is 741. The molecule has 3 nitrogen and oxygen atoms in total. The van der Waals surface area contributed by atoms with Gasteiger partial charge in [-0.1, -0.05) is 36.4 Å². The zero-order valence-electron chi connectivity index (χ0n) is 13.4. The van der Waals surface area contributed by atoms with Crippen molar-refractivity contribution < 1.29 is 13.2 Å². The van der Waals surface area contributed by atoms with Gasteiger partial charge in [0.15, 0.2) is 5.96 Å². The minimum atomic E-state index is -4.33. The molecule has 25 heavy (non-hydrogen) atoms. The van der Waals surface area contributed by atoms with Crippen molar-refractivity contribution in [3.05, 3.63) is 65.7 Å². The molecule has 134 valence electrons. The van der Waals surface area contributed by atoms with Gasteiger partial charge in [-0.3, -0.25) is 4.99 Å².